The number of furan rings is 1. The third-order valence-electron chi connectivity index (χ3n) is 6.69. The van der Waals surface area contributed by atoms with Gasteiger partial charge in [-0.05, 0) is 80.0 Å². The van der Waals surface area contributed by atoms with Gasteiger partial charge in [0.2, 0.25) is 11.8 Å². The van der Waals surface area contributed by atoms with Crippen molar-refractivity contribution in [3.8, 4) is 0 Å². The van der Waals surface area contributed by atoms with Crippen LogP contribution in [0.5, 0.6) is 0 Å². The zero-order valence-corrected chi connectivity index (χ0v) is 24.1. The lowest BCUT2D eigenvalue weighted by molar-refractivity contribution is -0.127. The number of anilines is 1. The van der Waals surface area contributed by atoms with Gasteiger partial charge in [0.05, 0.1) is 12.8 Å². The van der Waals surface area contributed by atoms with Crippen molar-refractivity contribution in [2.45, 2.75) is 78.3 Å². The van der Waals surface area contributed by atoms with Gasteiger partial charge in [0.15, 0.2) is 5.76 Å². The van der Waals surface area contributed by atoms with E-state index in [0.29, 0.717) is 23.1 Å². The highest BCUT2D eigenvalue weighted by Crippen LogP contribution is 2.31. The first-order valence-corrected chi connectivity index (χ1v) is 13.6. The molecule has 2 atom stereocenters. The third kappa shape index (κ3) is 7.82. The average Bonchev–Trinajstić information content (AvgIpc) is 3.44. The van der Waals surface area contributed by atoms with Gasteiger partial charge in [0.1, 0.15) is 6.04 Å². The van der Waals surface area contributed by atoms with Crippen LogP contribution in [0.2, 0.25) is 0 Å². The summed E-state index contributed by atoms with van der Waals surface area (Å²) in [6.07, 6.45) is 2.38. The van der Waals surface area contributed by atoms with Crippen LogP contribution < -0.4 is 15.5 Å². The Balaban J connectivity index is 2.06. The minimum Gasteiger partial charge on any atom is -0.459 e. The molecule has 3 aromatic rings. The summed E-state index contributed by atoms with van der Waals surface area (Å²) < 4.78 is 5.16. The van der Waals surface area contributed by atoms with Crippen molar-refractivity contribution >= 4 is 23.4 Å². The molecule has 0 aliphatic carbocycles. The van der Waals surface area contributed by atoms with E-state index in [-0.39, 0.29) is 18.2 Å². The maximum Gasteiger partial charge on any atom is 0.287 e. The van der Waals surface area contributed by atoms with Crippen molar-refractivity contribution in [1.29, 1.82) is 0 Å². The van der Waals surface area contributed by atoms with Gasteiger partial charge in [-0.1, -0.05) is 64.1 Å². The van der Waals surface area contributed by atoms with E-state index in [0.717, 1.165) is 17.5 Å². The molecule has 0 unspecified atom stereocenters. The van der Waals surface area contributed by atoms with Crippen LogP contribution in [-0.4, -0.2) is 29.8 Å². The average molecular weight is 532 g/mol. The van der Waals surface area contributed by atoms with E-state index in [1.807, 2.05) is 69.3 Å². The SMILES string of the molecule is CC[C@@H](C)c1ccc(N(C(=O)CNC(=O)c2ccco2)[C@H](C(=O)NC(C)(C)C)c2ccc(C(C)C)cc2)cc1. The quantitative estimate of drug-likeness (QED) is 0.320. The summed E-state index contributed by atoms with van der Waals surface area (Å²) in [6.45, 7) is 13.9. The maximum atomic E-state index is 13.9. The lowest BCUT2D eigenvalue weighted by Gasteiger charge is -2.34. The van der Waals surface area contributed by atoms with Crippen LogP contribution in [0.15, 0.2) is 71.3 Å². The minimum atomic E-state index is -0.951. The molecule has 3 rings (SSSR count). The van der Waals surface area contributed by atoms with Crippen molar-refractivity contribution in [2.24, 2.45) is 0 Å². The second-order valence-electron chi connectivity index (χ2n) is 11.3. The first-order valence-electron chi connectivity index (χ1n) is 13.6. The van der Waals surface area contributed by atoms with Crippen LogP contribution >= 0.6 is 0 Å². The standard InChI is InChI=1S/C32H41N3O4/c1-8-22(4)24-15-17-26(18-16-24)35(28(36)20-33-30(37)27-10-9-19-39-27)29(31(38)34-32(5,6)7)25-13-11-23(12-14-25)21(2)3/h9-19,21-22,29H,8,20H2,1-7H3,(H,33,37)(H,34,38)/t22-,29+/m1/s1. The highest BCUT2D eigenvalue weighted by atomic mass is 16.3. The number of amides is 3. The van der Waals surface area contributed by atoms with E-state index < -0.39 is 23.4 Å². The van der Waals surface area contributed by atoms with Gasteiger partial charge in [0.25, 0.3) is 5.91 Å². The summed E-state index contributed by atoms with van der Waals surface area (Å²) in [7, 11) is 0. The number of nitrogens with one attached hydrogen (secondary N) is 2. The number of carbonyl (C=O) groups is 3. The van der Waals surface area contributed by atoms with Crippen LogP contribution in [0.1, 0.15) is 100 Å². The van der Waals surface area contributed by atoms with Crippen LogP contribution in [0.4, 0.5) is 5.69 Å². The monoisotopic (exact) mass is 531 g/mol. The molecule has 0 fully saturated rings. The molecule has 1 heterocycles. The van der Waals surface area contributed by atoms with Crippen LogP contribution in [0.25, 0.3) is 0 Å². The molecule has 3 amide bonds. The Labute approximate surface area is 232 Å². The molecule has 1 aromatic heterocycles. The fourth-order valence-electron chi connectivity index (χ4n) is 4.29. The zero-order chi connectivity index (χ0) is 28.7. The van der Waals surface area contributed by atoms with Crippen LogP contribution in [-0.2, 0) is 9.59 Å². The summed E-state index contributed by atoms with van der Waals surface area (Å²) in [5, 5.41) is 5.69. The van der Waals surface area contributed by atoms with E-state index >= 15 is 0 Å². The molecule has 0 saturated carbocycles. The van der Waals surface area contributed by atoms with Gasteiger partial charge in [-0.3, -0.25) is 19.3 Å². The Morgan fingerprint density at radius 1 is 0.872 bits per heavy atom. The largest absolute Gasteiger partial charge is 0.459 e. The summed E-state index contributed by atoms with van der Waals surface area (Å²) in [5.41, 5.74) is 3.02. The first kappa shape index (κ1) is 29.7. The minimum absolute atomic E-state index is 0.110. The summed E-state index contributed by atoms with van der Waals surface area (Å²) in [6, 6.07) is 17.7. The van der Waals surface area contributed by atoms with Crippen molar-refractivity contribution in [3.63, 3.8) is 0 Å². The second kappa shape index (κ2) is 12.8. The number of hydrogen-bond acceptors (Lipinski definition) is 4. The Bertz CT molecular complexity index is 1240. The molecule has 0 aliphatic rings. The summed E-state index contributed by atoms with van der Waals surface area (Å²) >= 11 is 0. The van der Waals surface area contributed by atoms with Gasteiger partial charge in [-0.25, -0.2) is 0 Å². The van der Waals surface area contributed by atoms with Gasteiger partial charge in [0, 0.05) is 11.2 Å². The van der Waals surface area contributed by atoms with Crippen LogP contribution in [0, 0.1) is 0 Å². The fraction of sp³-hybridized carbons (Fsp3) is 0.406. The predicted octanol–water partition coefficient (Wildman–Crippen LogP) is 6.34. The molecule has 0 radical (unpaired) electrons. The molecule has 208 valence electrons. The van der Waals surface area contributed by atoms with E-state index in [4.69, 9.17) is 4.42 Å². The highest BCUT2D eigenvalue weighted by Gasteiger charge is 2.34. The van der Waals surface area contributed by atoms with E-state index in [1.54, 1.807) is 6.07 Å². The van der Waals surface area contributed by atoms with Crippen molar-refractivity contribution in [2.75, 3.05) is 11.4 Å². The lowest BCUT2D eigenvalue weighted by atomic mass is 9.95. The summed E-state index contributed by atoms with van der Waals surface area (Å²) in [4.78, 5) is 41.7. The van der Waals surface area contributed by atoms with Crippen molar-refractivity contribution in [1.82, 2.24) is 10.6 Å². The Hall–Kier alpha value is -3.87. The maximum absolute atomic E-state index is 13.9. The molecule has 0 bridgehead atoms. The van der Waals surface area contributed by atoms with Crippen molar-refractivity contribution in [3.05, 3.63) is 89.4 Å². The molecule has 2 aromatic carbocycles. The van der Waals surface area contributed by atoms with Gasteiger partial charge in [-0.2, -0.15) is 0 Å². The molecule has 7 nitrogen and oxygen atoms in total. The van der Waals surface area contributed by atoms with Gasteiger partial charge >= 0.3 is 0 Å². The van der Waals surface area contributed by atoms with E-state index in [9.17, 15) is 14.4 Å². The molecule has 0 aliphatic heterocycles. The summed E-state index contributed by atoms with van der Waals surface area (Å²) in [5.74, 6) is -0.441. The smallest absolute Gasteiger partial charge is 0.287 e. The third-order valence-corrected chi connectivity index (χ3v) is 6.69. The molecular weight excluding hydrogens is 490 g/mol. The Morgan fingerprint density at radius 2 is 1.46 bits per heavy atom. The number of benzene rings is 2. The molecule has 39 heavy (non-hydrogen) atoms. The van der Waals surface area contributed by atoms with E-state index in [2.05, 4.69) is 38.3 Å². The Morgan fingerprint density at radius 3 is 1.97 bits per heavy atom. The molecule has 0 spiro atoms. The lowest BCUT2D eigenvalue weighted by Crippen LogP contribution is -2.51. The highest BCUT2D eigenvalue weighted by molar-refractivity contribution is 6.04. The molecule has 2 N–H and O–H groups in total. The van der Waals surface area contributed by atoms with Gasteiger partial charge < -0.3 is 15.1 Å². The number of hydrogen-bond donors (Lipinski definition) is 2. The number of rotatable bonds is 10. The zero-order valence-electron chi connectivity index (χ0n) is 24.1. The second-order valence-corrected chi connectivity index (χ2v) is 11.3. The molecule has 7 heteroatoms. The fourth-order valence-corrected chi connectivity index (χ4v) is 4.29. The molecular formula is C32H41N3O4. The predicted molar refractivity (Wildman–Crippen MR) is 155 cm³/mol. The van der Waals surface area contributed by atoms with Crippen molar-refractivity contribution < 1.29 is 18.8 Å². The Kier molecular flexibility index (Phi) is 9.73. The van der Waals surface area contributed by atoms with E-state index in [1.165, 1.54) is 17.2 Å². The van der Waals surface area contributed by atoms with Gasteiger partial charge in [-0.15, -0.1) is 0 Å². The molecule has 0 saturated heterocycles. The topological polar surface area (TPSA) is 91.7 Å². The number of carbonyl (C=O) groups excluding carboxylic acids is 3. The first-order chi connectivity index (χ1) is 18.4. The number of nitrogens with zero attached hydrogens (tertiary/aromatic N) is 1. The van der Waals surface area contributed by atoms with Crippen LogP contribution in [0.3, 0.4) is 0 Å². The normalized spacial score (nSPS) is 13.0.